The Balaban J connectivity index is 1.55. The average Bonchev–Trinajstić information content (AvgIpc) is 3.13. The first-order valence-corrected chi connectivity index (χ1v) is 8.30. The zero-order chi connectivity index (χ0) is 17.6. The van der Waals surface area contributed by atoms with Crippen molar-refractivity contribution in [2.24, 2.45) is 0 Å². The van der Waals surface area contributed by atoms with Gasteiger partial charge in [0.05, 0.1) is 7.11 Å². The van der Waals surface area contributed by atoms with Gasteiger partial charge in [-0.25, -0.2) is 0 Å². The Bertz CT molecular complexity index is 838. The molecule has 3 aromatic rings. The van der Waals surface area contributed by atoms with E-state index in [4.69, 9.17) is 20.8 Å². The van der Waals surface area contributed by atoms with E-state index in [1.165, 1.54) is 0 Å². The fourth-order valence-electron chi connectivity index (χ4n) is 2.43. The van der Waals surface area contributed by atoms with E-state index in [1.54, 1.807) is 31.4 Å². The van der Waals surface area contributed by atoms with Crippen LogP contribution >= 0.6 is 11.6 Å². The van der Waals surface area contributed by atoms with Crippen molar-refractivity contribution in [1.29, 1.82) is 0 Å². The molecule has 0 aliphatic carbocycles. The number of hydrogen-bond donors (Lipinski definition) is 1. The van der Waals surface area contributed by atoms with Crippen LogP contribution in [0.5, 0.6) is 5.75 Å². The van der Waals surface area contributed by atoms with Crippen molar-refractivity contribution >= 4 is 17.5 Å². The Morgan fingerprint density at radius 1 is 1.04 bits per heavy atom. The molecule has 0 aliphatic rings. The minimum Gasteiger partial charge on any atom is -0.497 e. The normalized spacial score (nSPS) is 10.5. The van der Waals surface area contributed by atoms with Gasteiger partial charge >= 0.3 is 0 Å². The number of halogens is 1. The van der Waals surface area contributed by atoms with Crippen LogP contribution in [0, 0.1) is 0 Å². The molecule has 25 heavy (non-hydrogen) atoms. The van der Waals surface area contributed by atoms with Gasteiger partial charge in [-0.05, 0) is 60.5 Å². The van der Waals surface area contributed by atoms with Gasteiger partial charge in [0, 0.05) is 17.1 Å². The Hall–Kier alpha value is -2.72. The molecule has 3 rings (SSSR count). The molecule has 0 saturated heterocycles. The molecule has 0 saturated carbocycles. The van der Waals surface area contributed by atoms with Crippen LogP contribution in [0.4, 0.5) is 0 Å². The van der Waals surface area contributed by atoms with Crippen molar-refractivity contribution in [3.63, 3.8) is 0 Å². The number of hydrogen-bond acceptors (Lipinski definition) is 3. The second kappa shape index (κ2) is 7.90. The number of ether oxygens (including phenoxy) is 1. The van der Waals surface area contributed by atoms with E-state index in [0.717, 1.165) is 23.3 Å². The largest absolute Gasteiger partial charge is 0.497 e. The lowest BCUT2D eigenvalue weighted by Crippen LogP contribution is -2.25. The number of benzene rings is 2. The third-order valence-corrected chi connectivity index (χ3v) is 4.07. The molecule has 0 spiro atoms. The fraction of sp³-hybridized carbons (Fsp3) is 0.150. The lowest BCUT2D eigenvalue weighted by Gasteiger charge is -2.05. The van der Waals surface area contributed by atoms with Crippen LogP contribution in [0.2, 0.25) is 5.02 Å². The van der Waals surface area contributed by atoms with Crippen LogP contribution in [0.15, 0.2) is 65.1 Å². The molecule has 128 valence electrons. The lowest BCUT2D eigenvalue weighted by molar-refractivity contribution is 0.0927. The maximum absolute atomic E-state index is 12.2. The SMILES string of the molecule is COc1ccc(CCNC(=O)c2ccc(-c3ccc(Cl)cc3)o2)cc1. The Morgan fingerprint density at radius 2 is 1.76 bits per heavy atom. The highest BCUT2D eigenvalue weighted by Crippen LogP contribution is 2.23. The number of amides is 1. The van der Waals surface area contributed by atoms with Crippen LogP contribution in [-0.2, 0) is 6.42 Å². The quantitative estimate of drug-likeness (QED) is 0.704. The molecule has 4 nitrogen and oxygen atoms in total. The molecule has 1 heterocycles. The van der Waals surface area contributed by atoms with Crippen molar-refractivity contribution in [2.45, 2.75) is 6.42 Å². The molecule has 1 aromatic heterocycles. The highest BCUT2D eigenvalue weighted by Gasteiger charge is 2.11. The molecular formula is C20H18ClNO3. The second-order valence-electron chi connectivity index (χ2n) is 5.52. The number of methoxy groups -OCH3 is 1. The van der Waals surface area contributed by atoms with Gasteiger partial charge in [0.25, 0.3) is 5.91 Å². The van der Waals surface area contributed by atoms with Crippen molar-refractivity contribution in [1.82, 2.24) is 5.32 Å². The monoisotopic (exact) mass is 355 g/mol. The summed E-state index contributed by atoms with van der Waals surface area (Å²) in [6, 6.07) is 18.5. The van der Waals surface area contributed by atoms with Gasteiger partial charge in [-0.1, -0.05) is 23.7 Å². The molecule has 0 atom stereocenters. The topological polar surface area (TPSA) is 51.5 Å². The number of furan rings is 1. The number of carbonyl (C=O) groups is 1. The summed E-state index contributed by atoms with van der Waals surface area (Å²) in [6.45, 7) is 0.530. The first kappa shape index (κ1) is 17.1. The zero-order valence-electron chi connectivity index (χ0n) is 13.8. The van der Waals surface area contributed by atoms with Gasteiger partial charge in [-0.15, -0.1) is 0 Å². The van der Waals surface area contributed by atoms with E-state index < -0.39 is 0 Å². The predicted octanol–water partition coefficient (Wildman–Crippen LogP) is 4.58. The van der Waals surface area contributed by atoms with Crippen molar-refractivity contribution < 1.29 is 13.9 Å². The highest BCUT2D eigenvalue weighted by molar-refractivity contribution is 6.30. The van der Waals surface area contributed by atoms with E-state index in [2.05, 4.69) is 5.32 Å². The van der Waals surface area contributed by atoms with Crippen LogP contribution in [0.1, 0.15) is 16.1 Å². The summed E-state index contributed by atoms with van der Waals surface area (Å²) in [5.41, 5.74) is 2.00. The maximum Gasteiger partial charge on any atom is 0.287 e. The second-order valence-corrected chi connectivity index (χ2v) is 5.96. The van der Waals surface area contributed by atoms with Crippen molar-refractivity contribution in [3.05, 3.63) is 77.0 Å². The maximum atomic E-state index is 12.2. The number of carbonyl (C=O) groups excluding carboxylic acids is 1. The molecule has 2 aromatic carbocycles. The van der Waals surface area contributed by atoms with Crippen molar-refractivity contribution in [3.8, 4) is 17.1 Å². The van der Waals surface area contributed by atoms with Gasteiger partial charge in [0.1, 0.15) is 11.5 Å². The van der Waals surface area contributed by atoms with Crippen molar-refractivity contribution in [2.75, 3.05) is 13.7 Å². The number of rotatable bonds is 6. The summed E-state index contributed by atoms with van der Waals surface area (Å²) in [7, 11) is 1.64. The van der Waals surface area contributed by atoms with Crippen LogP contribution in [0.25, 0.3) is 11.3 Å². The third kappa shape index (κ3) is 4.43. The number of nitrogens with one attached hydrogen (secondary N) is 1. The van der Waals surface area contributed by atoms with Gasteiger partial charge in [0.2, 0.25) is 0 Å². The van der Waals surface area contributed by atoms with Crippen LogP contribution in [-0.4, -0.2) is 19.6 Å². The third-order valence-electron chi connectivity index (χ3n) is 3.82. The van der Waals surface area contributed by atoms with E-state index in [0.29, 0.717) is 23.1 Å². The molecular weight excluding hydrogens is 338 g/mol. The van der Waals surface area contributed by atoms with Gasteiger partial charge < -0.3 is 14.5 Å². The van der Waals surface area contributed by atoms with E-state index in [-0.39, 0.29) is 5.91 Å². The standard InChI is InChI=1S/C20H18ClNO3/c1-24-17-8-2-14(3-9-17)12-13-22-20(23)19-11-10-18(25-19)15-4-6-16(21)7-5-15/h2-11H,12-13H2,1H3,(H,22,23). The molecule has 0 bridgehead atoms. The molecule has 0 fully saturated rings. The highest BCUT2D eigenvalue weighted by atomic mass is 35.5. The summed E-state index contributed by atoms with van der Waals surface area (Å²) >= 11 is 5.88. The van der Waals surface area contributed by atoms with Crippen LogP contribution in [0.3, 0.4) is 0 Å². The first-order chi connectivity index (χ1) is 12.2. The Kier molecular flexibility index (Phi) is 5.41. The summed E-state index contributed by atoms with van der Waals surface area (Å²) in [5.74, 6) is 1.52. The van der Waals surface area contributed by atoms with Gasteiger partial charge in [0.15, 0.2) is 5.76 Å². The molecule has 1 N–H and O–H groups in total. The lowest BCUT2D eigenvalue weighted by atomic mass is 10.1. The minimum absolute atomic E-state index is 0.228. The molecule has 1 amide bonds. The summed E-state index contributed by atoms with van der Waals surface area (Å²) in [4.78, 5) is 12.2. The Labute approximate surface area is 151 Å². The summed E-state index contributed by atoms with van der Waals surface area (Å²) in [6.07, 6.45) is 0.737. The van der Waals surface area contributed by atoms with Crippen LogP contribution < -0.4 is 10.1 Å². The van der Waals surface area contributed by atoms with Gasteiger partial charge in [-0.2, -0.15) is 0 Å². The minimum atomic E-state index is -0.228. The van der Waals surface area contributed by atoms with E-state index >= 15 is 0 Å². The predicted molar refractivity (Wildman–Crippen MR) is 98.2 cm³/mol. The fourth-order valence-corrected chi connectivity index (χ4v) is 2.55. The molecule has 0 unspecified atom stereocenters. The Morgan fingerprint density at radius 3 is 2.44 bits per heavy atom. The average molecular weight is 356 g/mol. The molecule has 0 aliphatic heterocycles. The smallest absolute Gasteiger partial charge is 0.287 e. The summed E-state index contributed by atoms with van der Waals surface area (Å²) < 4.78 is 10.8. The van der Waals surface area contributed by atoms with Gasteiger partial charge in [-0.3, -0.25) is 4.79 Å². The zero-order valence-corrected chi connectivity index (χ0v) is 14.5. The summed E-state index contributed by atoms with van der Waals surface area (Å²) in [5, 5.41) is 3.52. The van der Waals surface area contributed by atoms with E-state index in [9.17, 15) is 4.79 Å². The molecule has 0 radical (unpaired) electrons. The van der Waals surface area contributed by atoms with E-state index in [1.807, 2.05) is 36.4 Å². The molecule has 5 heteroatoms. The first-order valence-electron chi connectivity index (χ1n) is 7.92.